The number of aromatic nitrogens is 2. The Morgan fingerprint density at radius 1 is 1.20 bits per heavy atom. The van der Waals surface area contributed by atoms with E-state index in [9.17, 15) is 14.0 Å². The Balaban J connectivity index is 1.29. The molecule has 1 aromatic heterocycles. The summed E-state index contributed by atoms with van der Waals surface area (Å²) in [5, 5.41) is 3.41. The molecule has 5 rings (SSSR count). The molecule has 9 heteroatoms. The van der Waals surface area contributed by atoms with Crippen molar-refractivity contribution in [3.05, 3.63) is 76.2 Å². The number of halogens is 1. The molecule has 0 aliphatic carbocycles. The number of nitrogens with one attached hydrogen (secondary N) is 1. The van der Waals surface area contributed by atoms with Gasteiger partial charge in [-0.1, -0.05) is 12.1 Å². The minimum atomic E-state index is -0.275. The van der Waals surface area contributed by atoms with Crippen LogP contribution >= 0.6 is 11.8 Å². The van der Waals surface area contributed by atoms with Gasteiger partial charge in [-0.3, -0.25) is 14.2 Å². The lowest BCUT2D eigenvalue weighted by Gasteiger charge is -2.17. The molecule has 1 unspecified atom stereocenters. The molecule has 1 saturated heterocycles. The van der Waals surface area contributed by atoms with Crippen molar-refractivity contribution in [2.24, 2.45) is 0 Å². The van der Waals surface area contributed by atoms with Gasteiger partial charge in [-0.15, -0.1) is 11.8 Å². The third-order valence-electron chi connectivity index (χ3n) is 6.44. The van der Waals surface area contributed by atoms with Crippen LogP contribution in [0, 0.1) is 5.82 Å². The first-order chi connectivity index (χ1) is 17.0. The van der Waals surface area contributed by atoms with E-state index in [0.29, 0.717) is 35.7 Å². The number of methoxy groups -OCH3 is 1. The van der Waals surface area contributed by atoms with Crippen LogP contribution in [0.2, 0.25) is 0 Å². The van der Waals surface area contributed by atoms with Crippen LogP contribution in [-0.2, 0) is 11.2 Å². The predicted octanol–water partition coefficient (Wildman–Crippen LogP) is 4.19. The van der Waals surface area contributed by atoms with Crippen LogP contribution < -0.4 is 15.6 Å². The van der Waals surface area contributed by atoms with E-state index in [4.69, 9.17) is 4.74 Å². The van der Waals surface area contributed by atoms with Crippen molar-refractivity contribution < 1.29 is 13.9 Å². The molecule has 1 atom stereocenters. The van der Waals surface area contributed by atoms with Crippen LogP contribution in [0.3, 0.4) is 0 Å². The van der Waals surface area contributed by atoms with Gasteiger partial charge in [-0.25, -0.2) is 9.37 Å². The average Bonchev–Trinajstić information content (AvgIpc) is 3.49. The predicted molar refractivity (Wildman–Crippen MR) is 134 cm³/mol. The van der Waals surface area contributed by atoms with Crippen molar-refractivity contribution in [1.29, 1.82) is 0 Å². The highest BCUT2D eigenvalue weighted by molar-refractivity contribution is 7.99. The monoisotopic (exact) mass is 494 g/mol. The minimum absolute atomic E-state index is 0.0404. The minimum Gasteiger partial charge on any atom is -0.495 e. The van der Waals surface area contributed by atoms with Gasteiger partial charge in [0, 0.05) is 43.8 Å². The highest BCUT2D eigenvalue weighted by atomic mass is 32.2. The maximum atomic E-state index is 13.3. The van der Waals surface area contributed by atoms with Gasteiger partial charge in [0.2, 0.25) is 5.91 Å². The lowest BCUT2D eigenvalue weighted by atomic mass is 10.1. The Kier molecular flexibility index (Phi) is 6.77. The molecule has 3 heterocycles. The number of carbonyl (C=O) groups excluding carboxylic acids is 1. The summed E-state index contributed by atoms with van der Waals surface area (Å²) in [6.07, 6.45) is 4.65. The third-order valence-corrected chi connectivity index (χ3v) is 7.81. The molecule has 1 N–H and O–H groups in total. The van der Waals surface area contributed by atoms with Crippen LogP contribution in [0.15, 0.2) is 58.5 Å². The molecule has 3 aromatic rings. The van der Waals surface area contributed by atoms with Crippen LogP contribution in [0.4, 0.5) is 10.1 Å². The van der Waals surface area contributed by atoms with E-state index in [1.165, 1.54) is 28.5 Å². The number of likely N-dealkylation sites (tertiary alicyclic amines) is 1. The van der Waals surface area contributed by atoms with Crippen molar-refractivity contribution in [2.45, 2.75) is 35.8 Å². The molecule has 0 bridgehead atoms. The number of rotatable bonds is 8. The normalized spacial score (nSPS) is 17.0. The van der Waals surface area contributed by atoms with Crippen molar-refractivity contribution >= 4 is 23.4 Å². The van der Waals surface area contributed by atoms with Gasteiger partial charge in [0.25, 0.3) is 5.56 Å². The number of anilines is 1. The third kappa shape index (κ3) is 4.91. The quantitative estimate of drug-likeness (QED) is 0.473. The lowest BCUT2D eigenvalue weighted by Crippen LogP contribution is -2.27. The van der Waals surface area contributed by atoms with Crippen LogP contribution in [0.25, 0.3) is 5.69 Å². The van der Waals surface area contributed by atoms with E-state index in [-0.39, 0.29) is 22.5 Å². The van der Waals surface area contributed by atoms with E-state index >= 15 is 0 Å². The van der Waals surface area contributed by atoms with Crippen LogP contribution in [-0.4, -0.2) is 47.1 Å². The summed E-state index contributed by atoms with van der Waals surface area (Å²) >= 11 is 1.48. The fraction of sp³-hybridized carbons (Fsp3) is 0.346. The van der Waals surface area contributed by atoms with Crippen LogP contribution in [0.1, 0.15) is 35.8 Å². The van der Waals surface area contributed by atoms with Crippen molar-refractivity contribution in [1.82, 2.24) is 14.5 Å². The number of ether oxygens (including phenoxy) is 1. The maximum Gasteiger partial charge on any atom is 0.271 e. The Morgan fingerprint density at radius 2 is 2.03 bits per heavy atom. The van der Waals surface area contributed by atoms with Crippen molar-refractivity contribution in [2.75, 3.05) is 32.1 Å². The summed E-state index contributed by atoms with van der Waals surface area (Å²) in [5.74, 6) is 0.592. The summed E-state index contributed by atoms with van der Waals surface area (Å²) in [6.45, 7) is 2.31. The Labute approximate surface area is 207 Å². The number of amides is 1. The largest absolute Gasteiger partial charge is 0.495 e. The standard InChI is InChI=1S/C26H27FN4O3S/c1-34-22-14-19(9-10-20(22)28-11-3-13-30-12-2-4-24(30)32)31-16-29-21-15-23(35-25(21)26(31)33)17-5-7-18(27)8-6-17/h5-10,14,16,23,28H,2-4,11-13,15H2,1H3. The molecule has 2 aliphatic rings. The molecule has 0 saturated carbocycles. The molecule has 35 heavy (non-hydrogen) atoms. The number of nitrogens with zero attached hydrogens (tertiary/aromatic N) is 3. The van der Waals surface area contributed by atoms with Gasteiger partial charge >= 0.3 is 0 Å². The number of hydrogen-bond donors (Lipinski definition) is 1. The van der Waals surface area contributed by atoms with Gasteiger partial charge in [0.15, 0.2) is 0 Å². The first-order valence-electron chi connectivity index (χ1n) is 11.8. The van der Waals surface area contributed by atoms with Gasteiger partial charge in [0.1, 0.15) is 17.9 Å². The smallest absolute Gasteiger partial charge is 0.271 e. The summed E-state index contributed by atoms with van der Waals surface area (Å²) in [6, 6.07) is 12.0. The zero-order valence-corrected chi connectivity index (χ0v) is 20.3. The fourth-order valence-corrected chi connectivity index (χ4v) is 5.84. The molecule has 2 aromatic carbocycles. The second kappa shape index (κ2) is 10.1. The molecular weight excluding hydrogens is 467 g/mol. The number of thioether (sulfide) groups is 1. The number of benzene rings is 2. The first-order valence-corrected chi connectivity index (χ1v) is 12.6. The summed E-state index contributed by atoms with van der Waals surface area (Å²) in [5.41, 5.74) is 3.12. The molecule has 0 spiro atoms. The average molecular weight is 495 g/mol. The molecule has 1 fully saturated rings. The summed E-state index contributed by atoms with van der Waals surface area (Å²) in [4.78, 5) is 32.1. The van der Waals surface area contributed by atoms with Crippen LogP contribution in [0.5, 0.6) is 5.75 Å². The van der Waals surface area contributed by atoms with Gasteiger partial charge in [0.05, 0.1) is 29.1 Å². The molecule has 2 aliphatic heterocycles. The Hall–Kier alpha value is -3.33. The van der Waals surface area contributed by atoms with E-state index in [0.717, 1.165) is 42.9 Å². The summed E-state index contributed by atoms with van der Waals surface area (Å²) < 4.78 is 20.4. The molecule has 182 valence electrons. The van der Waals surface area contributed by atoms with Crippen molar-refractivity contribution in [3.8, 4) is 11.4 Å². The van der Waals surface area contributed by atoms with Gasteiger partial charge in [-0.2, -0.15) is 0 Å². The van der Waals surface area contributed by atoms with Crippen molar-refractivity contribution in [3.63, 3.8) is 0 Å². The number of carbonyl (C=O) groups is 1. The van der Waals surface area contributed by atoms with E-state index < -0.39 is 0 Å². The second-order valence-corrected chi connectivity index (χ2v) is 9.92. The maximum absolute atomic E-state index is 13.3. The second-order valence-electron chi connectivity index (χ2n) is 8.71. The number of fused-ring (bicyclic) bond motifs is 1. The van der Waals surface area contributed by atoms with E-state index in [1.807, 2.05) is 23.1 Å². The van der Waals surface area contributed by atoms with Gasteiger partial charge in [-0.05, 0) is 42.7 Å². The zero-order chi connectivity index (χ0) is 24.4. The summed E-state index contributed by atoms with van der Waals surface area (Å²) in [7, 11) is 1.60. The first kappa shape index (κ1) is 23.4. The molecule has 1 amide bonds. The SMILES string of the molecule is COc1cc(-n2cnc3c(c2=O)SC(c2ccc(F)cc2)C3)ccc1NCCCN1CCCC1=O. The fourth-order valence-electron chi connectivity index (χ4n) is 4.55. The Bertz CT molecular complexity index is 1290. The Morgan fingerprint density at radius 3 is 2.77 bits per heavy atom. The number of hydrogen-bond acceptors (Lipinski definition) is 6. The highest BCUT2D eigenvalue weighted by Crippen LogP contribution is 2.44. The molecule has 7 nitrogen and oxygen atoms in total. The van der Waals surface area contributed by atoms with Gasteiger partial charge < -0.3 is 15.0 Å². The topological polar surface area (TPSA) is 76.5 Å². The molecule has 0 radical (unpaired) electrons. The lowest BCUT2D eigenvalue weighted by molar-refractivity contribution is -0.127. The highest BCUT2D eigenvalue weighted by Gasteiger charge is 2.28. The van der Waals surface area contributed by atoms with E-state index in [1.54, 1.807) is 25.6 Å². The van der Waals surface area contributed by atoms with E-state index in [2.05, 4.69) is 10.3 Å². The molecular formula is C26H27FN4O3S. The zero-order valence-electron chi connectivity index (χ0n) is 19.5.